The molecule has 0 aliphatic rings. The number of hydrogen-bond acceptors (Lipinski definition) is 3. The molecular weight excluding hydrogens is 309 g/mol. The van der Waals surface area contributed by atoms with E-state index in [2.05, 4.69) is 5.32 Å². The van der Waals surface area contributed by atoms with Gasteiger partial charge in [-0.05, 0) is 49.2 Å². The van der Waals surface area contributed by atoms with Crippen LogP contribution in [0.4, 0.5) is 4.39 Å². The Hall–Kier alpha value is -2.56. The van der Waals surface area contributed by atoms with E-state index in [0.29, 0.717) is 18.9 Å². The summed E-state index contributed by atoms with van der Waals surface area (Å²) in [7, 11) is 0. The standard InChI is InChI=1S/C19H22FNO3/c1-3-15-6-4-5-7-18(15)24-14(2)19(22)21-12-13-23-17-10-8-16(20)9-11-17/h4-11,14H,3,12-13H2,1-2H3,(H,21,22)/t14-/m1/s1. The van der Waals surface area contributed by atoms with Gasteiger partial charge in [0.25, 0.3) is 5.91 Å². The van der Waals surface area contributed by atoms with Gasteiger partial charge < -0.3 is 14.8 Å². The Balaban J connectivity index is 1.74. The van der Waals surface area contributed by atoms with Crippen LogP contribution in [0.15, 0.2) is 48.5 Å². The van der Waals surface area contributed by atoms with E-state index in [1.807, 2.05) is 31.2 Å². The van der Waals surface area contributed by atoms with Crippen molar-refractivity contribution in [1.82, 2.24) is 5.32 Å². The van der Waals surface area contributed by atoms with Crippen molar-refractivity contribution in [3.05, 3.63) is 59.9 Å². The van der Waals surface area contributed by atoms with Crippen molar-refractivity contribution >= 4 is 5.91 Å². The fraction of sp³-hybridized carbons (Fsp3) is 0.316. The van der Waals surface area contributed by atoms with Gasteiger partial charge in [-0.3, -0.25) is 4.79 Å². The van der Waals surface area contributed by atoms with Crippen molar-refractivity contribution in [2.24, 2.45) is 0 Å². The highest BCUT2D eigenvalue weighted by Crippen LogP contribution is 2.19. The Bertz CT molecular complexity index is 658. The average molecular weight is 331 g/mol. The monoisotopic (exact) mass is 331 g/mol. The lowest BCUT2D eigenvalue weighted by atomic mass is 10.1. The van der Waals surface area contributed by atoms with Gasteiger partial charge in [-0.2, -0.15) is 0 Å². The minimum atomic E-state index is -0.594. The van der Waals surface area contributed by atoms with Crippen molar-refractivity contribution in [3.8, 4) is 11.5 Å². The van der Waals surface area contributed by atoms with Gasteiger partial charge in [0.05, 0.1) is 6.54 Å². The van der Waals surface area contributed by atoms with Gasteiger partial charge >= 0.3 is 0 Å². The van der Waals surface area contributed by atoms with Gasteiger partial charge in [0, 0.05) is 0 Å². The summed E-state index contributed by atoms with van der Waals surface area (Å²) in [5.74, 6) is 0.773. The number of carbonyl (C=O) groups is 1. The van der Waals surface area contributed by atoms with Crippen LogP contribution in [-0.2, 0) is 11.2 Å². The zero-order valence-electron chi connectivity index (χ0n) is 13.9. The molecule has 2 aromatic rings. The topological polar surface area (TPSA) is 47.6 Å². The molecule has 0 aromatic heterocycles. The second-order valence-electron chi connectivity index (χ2n) is 5.31. The number of nitrogens with one attached hydrogen (secondary N) is 1. The van der Waals surface area contributed by atoms with Gasteiger partial charge in [-0.15, -0.1) is 0 Å². The van der Waals surface area contributed by atoms with Gasteiger partial charge in [0.15, 0.2) is 6.10 Å². The predicted octanol–water partition coefficient (Wildman–Crippen LogP) is 3.35. The van der Waals surface area contributed by atoms with Crippen molar-refractivity contribution in [1.29, 1.82) is 0 Å². The summed E-state index contributed by atoms with van der Waals surface area (Å²) in [5, 5.41) is 2.76. The Morgan fingerprint density at radius 1 is 1.17 bits per heavy atom. The largest absolute Gasteiger partial charge is 0.492 e. The molecule has 2 aromatic carbocycles. The van der Waals surface area contributed by atoms with Crippen LogP contribution in [0, 0.1) is 5.82 Å². The van der Waals surface area contributed by atoms with E-state index in [-0.39, 0.29) is 11.7 Å². The number of hydrogen-bond donors (Lipinski definition) is 1. The third kappa shape index (κ3) is 5.26. The molecule has 0 aliphatic carbocycles. The first-order valence-electron chi connectivity index (χ1n) is 8.00. The summed E-state index contributed by atoms with van der Waals surface area (Å²) in [6.45, 7) is 4.40. The summed E-state index contributed by atoms with van der Waals surface area (Å²) in [6, 6.07) is 13.4. The highest BCUT2D eigenvalue weighted by Gasteiger charge is 2.15. The highest BCUT2D eigenvalue weighted by molar-refractivity contribution is 5.80. The molecule has 0 saturated carbocycles. The zero-order valence-corrected chi connectivity index (χ0v) is 13.9. The average Bonchev–Trinajstić information content (AvgIpc) is 2.60. The molecule has 1 atom stereocenters. The van der Waals surface area contributed by atoms with Crippen LogP contribution >= 0.6 is 0 Å². The molecular formula is C19H22FNO3. The lowest BCUT2D eigenvalue weighted by Crippen LogP contribution is -2.38. The maximum Gasteiger partial charge on any atom is 0.260 e. The summed E-state index contributed by atoms with van der Waals surface area (Å²) in [5.41, 5.74) is 1.07. The van der Waals surface area contributed by atoms with E-state index in [0.717, 1.165) is 17.7 Å². The molecule has 0 spiro atoms. The number of carbonyl (C=O) groups excluding carboxylic acids is 1. The lowest BCUT2D eigenvalue weighted by Gasteiger charge is -2.17. The van der Waals surface area contributed by atoms with Crippen LogP contribution in [0.5, 0.6) is 11.5 Å². The van der Waals surface area contributed by atoms with E-state index in [1.54, 1.807) is 19.1 Å². The van der Waals surface area contributed by atoms with Crippen LogP contribution in [0.25, 0.3) is 0 Å². The summed E-state index contributed by atoms with van der Waals surface area (Å²) in [4.78, 5) is 12.1. The minimum absolute atomic E-state index is 0.205. The van der Waals surface area contributed by atoms with Crippen LogP contribution in [0.3, 0.4) is 0 Å². The predicted molar refractivity (Wildman–Crippen MR) is 90.8 cm³/mol. The van der Waals surface area contributed by atoms with E-state index >= 15 is 0 Å². The maximum absolute atomic E-state index is 12.8. The molecule has 1 N–H and O–H groups in total. The normalized spacial score (nSPS) is 11.6. The van der Waals surface area contributed by atoms with E-state index in [9.17, 15) is 9.18 Å². The van der Waals surface area contributed by atoms with Crippen LogP contribution < -0.4 is 14.8 Å². The minimum Gasteiger partial charge on any atom is -0.492 e. The molecule has 1 amide bonds. The first-order chi connectivity index (χ1) is 11.6. The van der Waals surface area contributed by atoms with Gasteiger partial charge in [-0.1, -0.05) is 25.1 Å². The molecule has 0 radical (unpaired) electrons. The van der Waals surface area contributed by atoms with Gasteiger partial charge in [-0.25, -0.2) is 4.39 Å². The number of ether oxygens (including phenoxy) is 2. The molecule has 2 rings (SSSR count). The second-order valence-corrected chi connectivity index (χ2v) is 5.31. The maximum atomic E-state index is 12.8. The summed E-state index contributed by atoms with van der Waals surface area (Å²) >= 11 is 0. The Morgan fingerprint density at radius 3 is 2.58 bits per heavy atom. The lowest BCUT2D eigenvalue weighted by molar-refractivity contribution is -0.127. The van der Waals surface area contributed by atoms with Crippen molar-refractivity contribution in [3.63, 3.8) is 0 Å². The quantitative estimate of drug-likeness (QED) is 0.755. The number of benzene rings is 2. The van der Waals surface area contributed by atoms with Crippen molar-refractivity contribution in [2.45, 2.75) is 26.4 Å². The smallest absolute Gasteiger partial charge is 0.260 e. The number of para-hydroxylation sites is 1. The number of amides is 1. The summed E-state index contributed by atoms with van der Waals surface area (Å²) < 4.78 is 23.9. The van der Waals surface area contributed by atoms with Crippen molar-refractivity contribution < 1.29 is 18.7 Å². The molecule has 0 unspecified atom stereocenters. The number of rotatable bonds is 8. The zero-order chi connectivity index (χ0) is 17.4. The molecule has 5 heteroatoms. The van der Waals surface area contributed by atoms with E-state index < -0.39 is 6.10 Å². The van der Waals surface area contributed by atoms with Crippen LogP contribution in [0.1, 0.15) is 19.4 Å². The second kappa shape index (κ2) is 8.91. The van der Waals surface area contributed by atoms with Gasteiger partial charge in [0.2, 0.25) is 0 Å². The third-order valence-corrected chi connectivity index (χ3v) is 3.51. The molecule has 0 bridgehead atoms. The molecule has 24 heavy (non-hydrogen) atoms. The van der Waals surface area contributed by atoms with E-state index in [4.69, 9.17) is 9.47 Å². The van der Waals surface area contributed by atoms with Gasteiger partial charge in [0.1, 0.15) is 23.9 Å². The van der Waals surface area contributed by atoms with Crippen molar-refractivity contribution in [2.75, 3.05) is 13.2 Å². The Morgan fingerprint density at radius 2 is 1.88 bits per heavy atom. The third-order valence-electron chi connectivity index (χ3n) is 3.51. The summed E-state index contributed by atoms with van der Waals surface area (Å²) in [6.07, 6.45) is 0.249. The highest BCUT2D eigenvalue weighted by atomic mass is 19.1. The molecule has 0 heterocycles. The molecule has 4 nitrogen and oxygen atoms in total. The first kappa shape index (κ1) is 17.8. The number of halogens is 1. The fourth-order valence-corrected chi connectivity index (χ4v) is 2.17. The fourth-order valence-electron chi connectivity index (χ4n) is 2.17. The van der Waals surface area contributed by atoms with Crippen LogP contribution in [-0.4, -0.2) is 25.2 Å². The molecule has 0 saturated heterocycles. The molecule has 0 aliphatic heterocycles. The SMILES string of the molecule is CCc1ccccc1O[C@H](C)C(=O)NCCOc1ccc(F)cc1. The van der Waals surface area contributed by atoms with Crippen LogP contribution in [0.2, 0.25) is 0 Å². The Kier molecular flexibility index (Phi) is 6.61. The Labute approximate surface area is 141 Å². The first-order valence-corrected chi connectivity index (χ1v) is 8.00. The molecule has 0 fully saturated rings. The molecule has 128 valence electrons. The van der Waals surface area contributed by atoms with E-state index in [1.165, 1.54) is 12.1 Å². The number of aryl methyl sites for hydroxylation is 1.